The first kappa shape index (κ1) is 18.3. The summed E-state index contributed by atoms with van der Waals surface area (Å²) in [6.45, 7) is -0.796. The summed E-state index contributed by atoms with van der Waals surface area (Å²) in [6, 6.07) is 3.69. The molecule has 1 aromatic carbocycles. The third-order valence-corrected chi connectivity index (χ3v) is 3.84. The number of hydrogen-bond donors (Lipinski definition) is 7. The molecule has 9 nitrogen and oxygen atoms in total. The smallest absolute Gasteiger partial charge is 0.192 e. The molecular weight excluding hydrogens is 324 g/mol. The van der Waals surface area contributed by atoms with E-state index in [4.69, 9.17) is 9.84 Å². The molecule has 1 unspecified atom stereocenters. The van der Waals surface area contributed by atoms with Crippen LogP contribution in [0.5, 0.6) is 11.5 Å². The van der Waals surface area contributed by atoms with Crippen molar-refractivity contribution in [1.82, 2.24) is 0 Å². The maximum absolute atomic E-state index is 12.3. The van der Waals surface area contributed by atoms with Gasteiger partial charge in [0.15, 0.2) is 29.2 Å². The highest BCUT2D eigenvalue weighted by molar-refractivity contribution is 6.01. The van der Waals surface area contributed by atoms with Gasteiger partial charge in [-0.3, -0.25) is 4.79 Å². The summed E-state index contributed by atoms with van der Waals surface area (Å²) in [6.07, 6.45) is -5.58. The number of carbonyl (C=O) groups is 1. The van der Waals surface area contributed by atoms with E-state index in [1.165, 1.54) is 12.1 Å². The zero-order valence-electron chi connectivity index (χ0n) is 12.4. The van der Waals surface area contributed by atoms with Crippen molar-refractivity contribution < 1.29 is 45.3 Å². The molecule has 0 saturated carbocycles. The van der Waals surface area contributed by atoms with E-state index in [9.17, 15) is 35.4 Å². The van der Waals surface area contributed by atoms with Crippen LogP contribution in [0.1, 0.15) is 5.56 Å². The molecule has 0 amide bonds. The lowest BCUT2D eigenvalue weighted by atomic mass is 9.80. The van der Waals surface area contributed by atoms with Gasteiger partial charge in [-0.25, -0.2) is 0 Å². The fourth-order valence-corrected chi connectivity index (χ4v) is 2.39. The van der Waals surface area contributed by atoms with E-state index >= 15 is 0 Å². The number of phenols is 2. The lowest BCUT2D eigenvalue weighted by molar-refractivity contribution is -0.310. The van der Waals surface area contributed by atoms with Crippen LogP contribution in [-0.4, -0.2) is 78.3 Å². The number of hydrogen-bond acceptors (Lipinski definition) is 9. The van der Waals surface area contributed by atoms with E-state index in [0.29, 0.717) is 0 Å². The Kier molecular flexibility index (Phi) is 5.23. The minimum atomic E-state index is -2.79. The molecule has 7 N–H and O–H groups in total. The summed E-state index contributed by atoms with van der Waals surface area (Å²) in [5, 5.41) is 67.4. The van der Waals surface area contributed by atoms with Gasteiger partial charge in [0.2, 0.25) is 0 Å². The number of carbonyl (C=O) groups excluding carboxylic acids is 1. The number of ketones is 1. The number of aliphatic hydroxyl groups excluding tert-OH is 4. The Balaban J connectivity index is 2.27. The molecule has 1 fully saturated rings. The number of benzene rings is 1. The summed E-state index contributed by atoms with van der Waals surface area (Å²) < 4.78 is 4.71. The van der Waals surface area contributed by atoms with E-state index < -0.39 is 48.3 Å². The highest BCUT2D eigenvalue weighted by Gasteiger charge is 2.58. The van der Waals surface area contributed by atoms with Crippen molar-refractivity contribution >= 4 is 11.9 Å². The summed E-state index contributed by atoms with van der Waals surface area (Å²) in [4.78, 5) is 12.3. The lowest BCUT2D eigenvalue weighted by Gasteiger charge is -2.44. The molecule has 1 aromatic rings. The second-order valence-electron chi connectivity index (χ2n) is 5.41. The summed E-state index contributed by atoms with van der Waals surface area (Å²) in [5.41, 5.74) is -2.50. The Labute approximate surface area is 136 Å². The monoisotopic (exact) mass is 342 g/mol. The van der Waals surface area contributed by atoms with Gasteiger partial charge in [0, 0.05) is 0 Å². The van der Waals surface area contributed by atoms with Gasteiger partial charge in [-0.1, -0.05) is 12.1 Å². The number of rotatable bonds is 4. The molecule has 1 saturated heterocycles. The molecule has 9 heteroatoms. The fourth-order valence-electron chi connectivity index (χ4n) is 2.39. The molecule has 0 spiro atoms. The van der Waals surface area contributed by atoms with Crippen molar-refractivity contribution in [2.75, 3.05) is 6.61 Å². The standard InChI is InChI=1S/C15H18O9/c16-6-10-12(20)15(23,13(21)14(22)24-10)11(19)4-2-7-1-3-8(17)9(18)5-7/h1-5,10,12-14,16-18,20-23H,6H2/t10-,12-,13+,14?,15+/m1/s1. The van der Waals surface area contributed by atoms with Gasteiger partial charge in [-0.2, -0.15) is 0 Å². The van der Waals surface area contributed by atoms with Crippen LogP contribution in [0.4, 0.5) is 0 Å². The van der Waals surface area contributed by atoms with Crippen molar-refractivity contribution in [3.8, 4) is 11.5 Å². The summed E-state index contributed by atoms with van der Waals surface area (Å²) in [5.74, 6) is -1.93. The summed E-state index contributed by atoms with van der Waals surface area (Å²) >= 11 is 0. The van der Waals surface area contributed by atoms with Crippen LogP contribution < -0.4 is 0 Å². The maximum Gasteiger partial charge on any atom is 0.192 e. The zero-order valence-corrected chi connectivity index (χ0v) is 12.4. The first-order valence-corrected chi connectivity index (χ1v) is 6.99. The third kappa shape index (κ3) is 3.13. The van der Waals surface area contributed by atoms with E-state index in [0.717, 1.165) is 18.2 Å². The van der Waals surface area contributed by atoms with Crippen LogP contribution in [0.2, 0.25) is 0 Å². The van der Waals surface area contributed by atoms with Crippen molar-refractivity contribution in [3.63, 3.8) is 0 Å². The van der Waals surface area contributed by atoms with Crippen LogP contribution in [0, 0.1) is 0 Å². The van der Waals surface area contributed by atoms with Gasteiger partial charge >= 0.3 is 0 Å². The van der Waals surface area contributed by atoms with Gasteiger partial charge < -0.3 is 40.5 Å². The lowest BCUT2D eigenvalue weighted by Crippen LogP contribution is -2.70. The second kappa shape index (κ2) is 6.85. The average Bonchev–Trinajstić information content (AvgIpc) is 2.56. The normalized spacial score (nSPS) is 33.7. The van der Waals surface area contributed by atoms with Crippen molar-refractivity contribution in [2.45, 2.75) is 30.2 Å². The Hall–Kier alpha value is -2.01. The largest absolute Gasteiger partial charge is 0.504 e. The molecule has 1 heterocycles. The SMILES string of the molecule is O=C(C=Cc1ccc(O)c(O)c1)[C@]1(O)[C@H](O)[C@@H](CO)OC(O)[C@@H]1O. The Morgan fingerprint density at radius 2 is 1.83 bits per heavy atom. The maximum atomic E-state index is 12.3. The fraction of sp³-hybridized carbons (Fsp3) is 0.400. The van der Waals surface area contributed by atoms with Crippen LogP contribution >= 0.6 is 0 Å². The van der Waals surface area contributed by atoms with Gasteiger partial charge in [-0.05, 0) is 23.8 Å². The molecule has 0 aliphatic carbocycles. The first-order chi connectivity index (χ1) is 11.2. The average molecular weight is 342 g/mol. The number of aromatic hydroxyl groups is 2. The molecule has 1 aliphatic rings. The van der Waals surface area contributed by atoms with E-state index in [1.54, 1.807) is 0 Å². The molecule has 0 bridgehead atoms. The molecular formula is C15H18O9. The molecule has 132 valence electrons. The van der Waals surface area contributed by atoms with Gasteiger partial charge in [0.25, 0.3) is 0 Å². The molecule has 5 atom stereocenters. The molecule has 24 heavy (non-hydrogen) atoms. The number of ether oxygens (including phenoxy) is 1. The third-order valence-electron chi connectivity index (χ3n) is 3.84. The first-order valence-electron chi connectivity index (χ1n) is 6.99. The van der Waals surface area contributed by atoms with E-state index in [1.807, 2.05) is 0 Å². The highest BCUT2D eigenvalue weighted by Crippen LogP contribution is 2.31. The molecule has 1 aliphatic heterocycles. The van der Waals surface area contributed by atoms with Crippen LogP contribution in [0.15, 0.2) is 24.3 Å². The summed E-state index contributed by atoms with van der Waals surface area (Å²) in [7, 11) is 0. The highest BCUT2D eigenvalue weighted by atomic mass is 16.6. The zero-order chi connectivity index (χ0) is 18.1. The predicted molar refractivity (Wildman–Crippen MR) is 78.7 cm³/mol. The van der Waals surface area contributed by atoms with Crippen LogP contribution in [0.25, 0.3) is 6.08 Å². The van der Waals surface area contributed by atoms with Gasteiger partial charge in [0.05, 0.1) is 6.61 Å². The Morgan fingerprint density at radius 3 is 2.42 bits per heavy atom. The predicted octanol–water partition coefficient (Wildman–Crippen LogP) is -2.16. The number of aliphatic hydroxyl groups is 5. The molecule has 0 aromatic heterocycles. The minimum absolute atomic E-state index is 0.289. The second-order valence-corrected chi connectivity index (χ2v) is 5.41. The van der Waals surface area contributed by atoms with Crippen molar-refractivity contribution in [2.24, 2.45) is 0 Å². The van der Waals surface area contributed by atoms with Crippen LogP contribution in [0.3, 0.4) is 0 Å². The number of phenolic OH excluding ortho intramolecular Hbond substituents is 2. The topological polar surface area (TPSA) is 168 Å². The van der Waals surface area contributed by atoms with Gasteiger partial charge in [0.1, 0.15) is 18.3 Å². The Morgan fingerprint density at radius 1 is 1.17 bits per heavy atom. The molecule has 0 radical (unpaired) electrons. The van der Waals surface area contributed by atoms with E-state index in [2.05, 4.69) is 0 Å². The van der Waals surface area contributed by atoms with Crippen molar-refractivity contribution in [1.29, 1.82) is 0 Å². The van der Waals surface area contributed by atoms with Crippen molar-refractivity contribution in [3.05, 3.63) is 29.8 Å². The molecule has 2 rings (SSSR count). The Bertz CT molecular complexity index is 644. The van der Waals surface area contributed by atoms with E-state index in [-0.39, 0.29) is 11.3 Å². The minimum Gasteiger partial charge on any atom is -0.504 e. The quantitative estimate of drug-likeness (QED) is 0.238. The van der Waals surface area contributed by atoms with Gasteiger partial charge in [-0.15, -0.1) is 0 Å². The van der Waals surface area contributed by atoms with Crippen LogP contribution in [-0.2, 0) is 9.53 Å².